The summed E-state index contributed by atoms with van der Waals surface area (Å²) in [7, 11) is 1.96. The van der Waals surface area contributed by atoms with Gasteiger partial charge in [-0.2, -0.15) is 5.10 Å². The molecule has 1 aliphatic rings. The monoisotopic (exact) mass is 270 g/mol. The van der Waals surface area contributed by atoms with Crippen molar-refractivity contribution in [2.24, 2.45) is 12.8 Å². The Hall–Kier alpha value is -1.81. The van der Waals surface area contributed by atoms with E-state index in [4.69, 9.17) is 5.73 Å². The minimum Gasteiger partial charge on any atom is -0.371 e. The lowest BCUT2D eigenvalue weighted by Crippen LogP contribution is -2.26. The quantitative estimate of drug-likeness (QED) is 0.930. The average molecular weight is 270 g/mol. The molecule has 0 saturated carbocycles. The molecule has 1 aromatic carbocycles. The van der Waals surface area contributed by atoms with E-state index in [-0.39, 0.29) is 6.04 Å². The molecule has 0 aliphatic carbocycles. The summed E-state index contributed by atoms with van der Waals surface area (Å²) in [5.74, 6) is 0. The molecule has 0 spiro atoms. The van der Waals surface area contributed by atoms with E-state index >= 15 is 0 Å². The number of aryl methyl sites for hydroxylation is 1. The predicted octanol–water partition coefficient (Wildman–Crippen LogP) is 2.26. The second-order valence-corrected chi connectivity index (χ2v) is 5.57. The maximum atomic E-state index is 6.28. The van der Waals surface area contributed by atoms with Crippen LogP contribution in [0.2, 0.25) is 0 Å². The minimum atomic E-state index is 0.176. The molecule has 1 unspecified atom stereocenters. The van der Waals surface area contributed by atoms with E-state index in [1.54, 1.807) is 0 Å². The molecule has 106 valence electrons. The molecule has 0 radical (unpaired) electrons. The maximum Gasteiger partial charge on any atom is 0.0522 e. The molecular formula is C16H22N4. The lowest BCUT2D eigenvalue weighted by Gasteiger charge is -2.25. The molecule has 2 heterocycles. The predicted molar refractivity (Wildman–Crippen MR) is 81.7 cm³/mol. The van der Waals surface area contributed by atoms with Crippen molar-refractivity contribution in [3.8, 4) is 0 Å². The van der Waals surface area contributed by atoms with Gasteiger partial charge in [-0.1, -0.05) is 18.2 Å². The Bertz CT molecular complexity index is 575. The van der Waals surface area contributed by atoms with Gasteiger partial charge in [0.05, 0.1) is 6.20 Å². The van der Waals surface area contributed by atoms with Crippen molar-refractivity contribution >= 4 is 5.69 Å². The van der Waals surface area contributed by atoms with Crippen molar-refractivity contribution in [2.45, 2.75) is 25.3 Å². The lowest BCUT2D eigenvalue weighted by atomic mass is 10.0. The number of fused-ring (bicyclic) bond motifs is 1. The highest BCUT2D eigenvalue weighted by Gasteiger charge is 2.19. The van der Waals surface area contributed by atoms with Crippen LogP contribution in [-0.2, 0) is 13.5 Å². The number of anilines is 1. The van der Waals surface area contributed by atoms with Gasteiger partial charge in [-0.05, 0) is 36.5 Å². The molecule has 4 nitrogen and oxygen atoms in total. The Kier molecular flexibility index (Phi) is 3.74. The van der Waals surface area contributed by atoms with Crippen LogP contribution >= 0.6 is 0 Å². The first-order valence-electron chi connectivity index (χ1n) is 7.31. The van der Waals surface area contributed by atoms with E-state index < -0.39 is 0 Å². The van der Waals surface area contributed by atoms with Crippen LogP contribution < -0.4 is 10.6 Å². The Morgan fingerprint density at radius 1 is 1.35 bits per heavy atom. The highest BCUT2D eigenvalue weighted by atomic mass is 15.2. The van der Waals surface area contributed by atoms with Crippen molar-refractivity contribution in [3.63, 3.8) is 0 Å². The second kappa shape index (κ2) is 5.67. The number of nitrogens with zero attached hydrogens (tertiary/aromatic N) is 3. The zero-order valence-corrected chi connectivity index (χ0v) is 12.0. The van der Waals surface area contributed by atoms with Crippen molar-refractivity contribution in [2.75, 3.05) is 18.0 Å². The second-order valence-electron chi connectivity index (χ2n) is 5.57. The van der Waals surface area contributed by atoms with E-state index in [0.29, 0.717) is 0 Å². The minimum absolute atomic E-state index is 0.176. The fourth-order valence-corrected chi connectivity index (χ4v) is 2.96. The number of nitrogens with two attached hydrogens (primary N) is 1. The first kappa shape index (κ1) is 13.2. The zero-order chi connectivity index (χ0) is 13.9. The smallest absolute Gasteiger partial charge is 0.0522 e. The van der Waals surface area contributed by atoms with Crippen LogP contribution in [-0.4, -0.2) is 22.9 Å². The summed E-state index contributed by atoms with van der Waals surface area (Å²) in [6, 6.07) is 8.73. The summed E-state index contributed by atoms with van der Waals surface area (Å²) < 4.78 is 1.86. The van der Waals surface area contributed by atoms with Gasteiger partial charge in [-0.15, -0.1) is 0 Å². The third kappa shape index (κ3) is 2.70. The SMILES string of the molecule is Cn1cc(CCN2CCCC(N)c3ccccc32)cn1. The zero-order valence-electron chi connectivity index (χ0n) is 12.0. The number of benzene rings is 1. The third-order valence-electron chi connectivity index (χ3n) is 4.05. The van der Waals surface area contributed by atoms with Gasteiger partial charge in [-0.3, -0.25) is 4.68 Å². The van der Waals surface area contributed by atoms with Crippen LogP contribution in [0.1, 0.15) is 30.0 Å². The molecule has 0 amide bonds. The van der Waals surface area contributed by atoms with Gasteiger partial charge in [0.1, 0.15) is 0 Å². The highest BCUT2D eigenvalue weighted by molar-refractivity contribution is 5.55. The van der Waals surface area contributed by atoms with E-state index in [2.05, 4.69) is 40.5 Å². The van der Waals surface area contributed by atoms with Crippen LogP contribution in [0.5, 0.6) is 0 Å². The summed E-state index contributed by atoms with van der Waals surface area (Å²) in [5.41, 5.74) is 10.2. The number of hydrogen-bond acceptors (Lipinski definition) is 3. The number of para-hydroxylation sites is 1. The number of rotatable bonds is 3. The van der Waals surface area contributed by atoms with Crippen LogP contribution in [0.3, 0.4) is 0 Å². The first-order valence-corrected chi connectivity index (χ1v) is 7.31. The summed E-state index contributed by atoms with van der Waals surface area (Å²) in [5, 5.41) is 4.23. The van der Waals surface area contributed by atoms with Gasteiger partial charge in [0.25, 0.3) is 0 Å². The lowest BCUT2D eigenvalue weighted by molar-refractivity contribution is 0.626. The summed E-state index contributed by atoms with van der Waals surface area (Å²) in [6.07, 6.45) is 7.30. The topological polar surface area (TPSA) is 47.1 Å². The molecule has 1 aliphatic heterocycles. The first-order chi connectivity index (χ1) is 9.74. The number of hydrogen-bond donors (Lipinski definition) is 1. The van der Waals surface area contributed by atoms with Crippen LogP contribution in [0.25, 0.3) is 0 Å². The summed E-state index contributed by atoms with van der Waals surface area (Å²) in [6.45, 7) is 2.11. The molecule has 2 N–H and O–H groups in total. The Balaban J connectivity index is 1.77. The summed E-state index contributed by atoms with van der Waals surface area (Å²) in [4.78, 5) is 2.47. The van der Waals surface area contributed by atoms with E-state index in [1.165, 1.54) is 16.8 Å². The van der Waals surface area contributed by atoms with E-state index in [9.17, 15) is 0 Å². The summed E-state index contributed by atoms with van der Waals surface area (Å²) >= 11 is 0. The molecule has 1 aromatic heterocycles. The maximum absolute atomic E-state index is 6.28. The number of aromatic nitrogens is 2. The van der Waals surface area contributed by atoms with Crippen molar-refractivity contribution in [3.05, 3.63) is 47.8 Å². The largest absolute Gasteiger partial charge is 0.371 e. The van der Waals surface area contributed by atoms with Crippen LogP contribution in [0.15, 0.2) is 36.7 Å². The third-order valence-corrected chi connectivity index (χ3v) is 4.05. The van der Waals surface area contributed by atoms with Gasteiger partial charge in [0.2, 0.25) is 0 Å². The van der Waals surface area contributed by atoms with Crippen molar-refractivity contribution < 1.29 is 0 Å². The molecule has 2 aromatic rings. The van der Waals surface area contributed by atoms with Gasteiger partial charge in [0, 0.05) is 38.1 Å². The molecule has 0 bridgehead atoms. The fraction of sp³-hybridized carbons (Fsp3) is 0.438. The van der Waals surface area contributed by atoms with Gasteiger partial charge in [-0.25, -0.2) is 0 Å². The fourth-order valence-electron chi connectivity index (χ4n) is 2.96. The molecule has 1 atom stereocenters. The molecule has 0 saturated heterocycles. The molecular weight excluding hydrogens is 248 g/mol. The van der Waals surface area contributed by atoms with Crippen LogP contribution in [0, 0.1) is 0 Å². The molecule has 3 rings (SSSR count). The Morgan fingerprint density at radius 2 is 2.20 bits per heavy atom. The van der Waals surface area contributed by atoms with Gasteiger partial charge in [0.15, 0.2) is 0 Å². The van der Waals surface area contributed by atoms with E-state index in [0.717, 1.165) is 32.4 Å². The van der Waals surface area contributed by atoms with Gasteiger partial charge < -0.3 is 10.6 Å². The average Bonchev–Trinajstić information content (AvgIpc) is 2.80. The molecule has 20 heavy (non-hydrogen) atoms. The van der Waals surface area contributed by atoms with Crippen molar-refractivity contribution in [1.82, 2.24) is 9.78 Å². The Labute approximate surface area is 120 Å². The highest BCUT2D eigenvalue weighted by Crippen LogP contribution is 2.31. The molecule has 4 heteroatoms. The standard InChI is InChI=1S/C16H22N4/c1-19-12-13(11-18-19)8-10-20-9-4-6-15(17)14-5-2-3-7-16(14)20/h2-3,5,7,11-12,15H,4,6,8-10,17H2,1H3. The van der Waals surface area contributed by atoms with Gasteiger partial charge >= 0.3 is 0 Å². The van der Waals surface area contributed by atoms with E-state index in [1.807, 2.05) is 17.9 Å². The normalized spacial score (nSPS) is 18.7. The molecule has 0 fully saturated rings. The van der Waals surface area contributed by atoms with Crippen molar-refractivity contribution in [1.29, 1.82) is 0 Å². The van der Waals surface area contributed by atoms with Crippen LogP contribution in [0.4, 0.5) is 5.69 Å². The Morgan fingerprint density at radius 3 is 3.00 bits per heavy atom.